The van der Waals surface area contributed by atoms with Crippen LogP contribution in [0.5, 0.6) is 0 Å². The Labute approximate surface area is 89.9 Å². The molecule has 1 N–H and O–H groups in total. The van der Waals surface area contributed by atoms with Crippen molar-refractivity contribution in [3.8, 4) is 0 Å². The van der Waals surface area contributed by atoms with Gasteiger partial charge in [0.05, 0.1) is 0 Å². The third-order valence-electron chi connectivity index (χ3n) is 2.46. The average Bonchev–Trinajstić information content (AvgIpc) is 2.11. The molecule has 1 fully saturated rings. The van der Waals surface area contributed by atoms with Crippen molar-refractivity contribution in [2.75, 3.05) is 19.6 Å². The maximum absolute atomic E-state index is 5.90. The second kappa shape index (κ2) is 5.20. The highest BCUT2D eigenvalue weighted by atomic mass is 35.5. The van der Waals surface area contributed by atoms with Crippen molar-refractivity contribution in [1.29, 1.82) is 0 Å². The Morgan fingerprint density at radius 3 is 2.46 bits per heavy atom. The van der Waals surface area contributed by atoms with Crippen molar-refractivity contribution in [3.63, 3.8) is 0 Å². The van der Waals surface area contributed by atoms with Crippen molar-refractivity contribution in [3.05, 3.63) is 10.6 Å². The summed E-state index contributed by atoms with van der Waals surface area (Å²) in [7, 11) is 0. The molecule has 0 amide bonds. The van der Waals surface area contributed by atoms with Crippen molar-refractivity contribution in [1.82, 2.24) is 10.2 Å². The molecule has 2 atom stereocenters. The van der Waals surface area contributed by atoms with Gasteiger partial charge < -0.3 is 5.32 Å². The zero-order valence-corrected chi connectivity index (χ0v) is 9.57. The Balaban J connectivity index is 2.53. The lowest BCUT2D eigenvalue weighted by atomic mass is 10.1. The molecule has 1 rings (SSSR count). The van der Waals surface area contributed by atoms with E-state index in [1.54, 1.807) is 0 Å². The molecule has 1 heterocycles. The molecule has 1 aliphatic rings. The first-order valence-electron chi connectivity index (χ1n) is 4.56. The quantitative estimate of drug-likeness (QED) is 0.770. The van der Waals surface area contributed by atoms with E-state index in [0.717, 1.165) is 19.6 Å². The van der Waals surface area contributed by atoms with Crippen LogP contribution < -0.4 is 5.32 Å². The minimum atomic E-state index is 0.522. The van der Waals surface area contributed by atoms with E-state index in [0.29, 0.717) is 17.1 Å². The lowest BCUT2D eigenvalue weighted by molar-refractivity contribution is 0.131. The molecule has 0 aliphatic carbocycles. The van der Waals surface area contributed by atoms with Crippen LogP contribution in [0.4, 0.5) is 0 Å². The van der Waals surface area contributed by atoms with Crippen LogP contribution in [-0.4, -0.2) is 36.6 Å². The van der Waals surface area contributed by atoms with Crippen molar-refractivity contribution >= 4 is 23.2 Å². The zero-order chi connectivity index (χ0) is 9.84. The minimum absolute atomic E-state index is 0.522. The summed E-state index contributed by atoms with van der Waals surface area (Å²) in [5.41, 5.74) is 1.45. The van der Waals surface area contributed by atoms with Crippen LogP contribution in [0.1, 0.15) is 13.8 Å². The van der Waals surface area contributed by atoms with E-state index in [-0.39, 0.29) is 0 Å². The van der Waals surface area contributed by atoms with Crippen LogP contribution in [0.3, 0.4) is 0 Å². The monoisotopic (exact) mass is 222 g/mol. The fourth-order valence-electron chi connectivity index (χ4n) is 1.69. The summed E-state index contributed by atoms with van der Waals surface area (Å²) in [6.07, 6.45) is 0. The molecule has 0 aromatic rings. The number of piperazine rings is 1. The van der Waals surface area contributed by atoms with E-state index in [9.17, 15) is 0 Å². The molecule has 0 radical (unpaired) electrons. The first-order valence-corrected chi connectivity index (χ1v) is 5.37. The second-order valence-corrected chi connectivity index (χ2v) is 4.29. The van der Waals surface area contributed by atoms with Gasteiger partial charge >= 0.3 is 0 Å². The van der Waals surface area contributed by atoms with Gasteiger partial charge in [-0.05, 0) is 13.8 Å². The Hall–Kier alpha value is 0.240. The van der Waals surface area contributed by atoms with Crippen LogP contribution in [0.25, 0.3) is 0 Å². The van der Waals surface area contributed by atoms with Crippen molar-refractivity contribution < 1.29 is 0 Å². The first-order chi connectivity index (χ1) is 6.15. The molecular formula is C9H16Cl2N2. The Morgan fingerprint density at radius 2 is 2.00 bits per heavy atom. The normalized spacial score (nSPS) is 32.2. The lowest BCUT2D eigenvalue weighted by Gasteiger charge is -2.39. The molecule has 0 aromatic heterocycles. The first kappa shape index (κ1) is 11.3. The zero-order valence-electron chi connectivity index (χ0n) is 8.06. The van der Waals surface area contributed by atoms with E-state index in [1.807, 2.05) is 0 Å². The highest BCUT2D eigenvalue weighted by molar-refractivity contribution is 6.36. The highest BCUT2D eigenvalue weighted by Crippen LogP contribution is 2.14. The maximum atomic E-state index is 5.90. The third kappa shape index (κ3) is 3.13. The van der Waals surface area contributed by atoms with Crippen LogP contribution in [0.2, 0.25) is 0 Å². The van der Waals surface area contributed by atoms with Gasteiger partial charge in [-0.15, -0.1) is 0 Å². The van der Waals surface area contributed by atoms with E-state index >= 15 is 0 Å². The summed E-state index contributed by atoms with van der Waals surface area (Å²) in [4.78, 5) is 2.36. The summed E-state index contributed by atoms with van der Waals surface area (Å²) < 4.78 is 0. The highest BCUT2D eigenvalue weighted by Gasteiger charge is 2.24. The van der Waals surface area contributed by atoms with Crippen molar-refractivity contribution in [2.24, 2.45) is 0 Å². The number of halogens is 2. The van der Waals surface area contributed by atoms with Gasteiger partial charge in [0.25, 0.3) is 0 Å². The predicted octanol–water partition coefficient (Wildman–Crippen LogP) is 1.99. The Bertz CT molecular complexity index is 184. The summed E-state index contributed by atoms with van der Waals surface area (Å²) in [6, 6.07) is 1.04. The third-order valence-corrected chi connectivity index (χ3v) is 3.07. The topological polar surface area (TPSA) is 15.3 Å². The number of rotatable bonds is 2. The van der Waals surface area contributed by atoms with Gasteiger partial charge in [-0.2, -0.15) is 0 Å². The molecule has 13 heavy (non-hydrogen) atoms. The minimum Gasteiger partial charge on any atom is -0.314 e. The van der Waals surface area contributed by atoms with E-state index in [1.165, 1.54) is 5.54 Å². The maximum Gasteiger partial charge on any atom is 0.0434 e. The van der Waals surface area contributed by atoms with Crippen LogP contribution >= 0.6 is 23.2 Å². The standard InChI is InChI=1S/C9H16Cl2N2/c1-7-4-12-5-8(2)13(7)6-9(11)3-10/h3,7-8,12H,4-6H2,1-2H3/b9-3-. The summed E-state index contributed by atoms with van der Waals surface area (Å²) in [6.45, 7) is 7.20. The van der Waals surface area contributed by atoms with E-state index in [2.05, 4.69) is 24.1 Å². The molecule has 0 bridgehead atoms. The smallest absolute Gasteiger partial charge is 0.0434 e. The van der Waals surface area contributed by atoms with Gasteiger partial charge in [-0.25, -0.2) is 0 Å². The van der Waals surface area contributed by atoms with Gasteiger partial charge in [-0.3, -0.25) is 4.90 Å². The molecule has 76 valence electrons. The fraction of sp³-hybridized carbons (Fsp3) is 0.778. The number of nitrogens with one attached hydrogen (secondary N) is 1. The summed E-state index contributed by atoms with van der Waals surface area (Å²) in [5, 5.41) is 4.08. The number of hydrogen-bond donors (Lipinski definition) is 1. The predicted molar refractivity (Wildman–Crippen MR) is 58.3 cm³/mol. The fourth-order valence-corrected chi connectivity index (χ4v) is 1.90. The van der Waals surface area contributed by atoms with Crippen LogP contribution in [0.15, 0.2) is 10.6 Å². The molecule has 1 aliphatic heterocycles. The van der Waals surface area contributed by atoms with E-state index in [4.69, 9.17) is 23.2 Å². The number of hydrogen-bond acceptors (Lipinski definition) is 2. The van der Waals surface area contributed by atoms with Gasteiger partial charge in [0.1, 0.15) is 0 Å². The van der Waals surface area contributed by atoms with Gasteiger partial charge in [0.2, 0.25) is 0 Å². The largest absolute Gasteiger partial charge is 0.314 e. The molecular weight excluding hydrogens is 207 g/mol. The van der Waals surface area contributed by atoms with Crippen LogP contribution in [0, 0.1) is 0 Å². The van der Waals surface area contributed by atoms with Gasteiger partial charge in [0, 0.05) is 42.3 Å². The lowest BCUT2D eigenvalue weighted by Crippen LogP contribution is -2.55. The molecule has 0 aromatic carbocycles. The molecule has 0 saturated carbocycles. The number of nitrogens with zero attached hydrogens (tertiary/aromatic N) is 1. The van der Waals surface area contributed by atoms with Crippen LogP contribution in [-0.2, 0) is 0 Å². The Kier molecular flexibility index (Phi) is 4.53. The summed E-state index contributed by atoms with van der Waals surface area (Å²) in [5.74, 6) is 0. The second-order valence-electron chi connectivity index (χ2n) is 3.58. The molecule has 2 unspecified atom stereocenters. The Morgan fingerprint density at radius 1 is 1.46 bits per heavy atom. The molecule has 0 spiro atoms. The molecule has 4 heteroatoms. The SMILES string of the molecule is CC1CNCC(C)N1C/C(Cl)=C/Cl. The summed E-state index contributed by atoms with van der Waals surface area (Å²) >= 11 is 11.4. The van der Waals surface area contributed by atoms with Gasteiger partial charge in [0.15, 0.2) is 0 Å². The van der Waals surface area contributed by atoms with Gasteiger partial charge in [-0.1, -0.05) is 23.2 Å². The van der Waals surface area contributed by atoms with Crippen molar-refractivity contribution in [2.45, 2.75) is 25.9 Å². The molecule has 2 nitrogen and oxygen atoms in total. The molecule has 1 saturated heterocycles. The average molecular weight is 223 g/mol. The van der Waals surface area contributed by atoms with E-state index < -0.39 is 0 Å².